The number of allylic oxidation sites excluding steroid dienone is 3. The summed E-state index contributed by atoms with van der Waals surface area (Å²) < 4.78 is 15.2. The zero-order valence-corrected chi connectivity index (χ0v) is 22.2. The van der Waals surface area contributed by atoms with Crippen LogP contribution < -0.4 is 0 Å². The molecule has 3 heterocycles. The summed E-state index contributed by atoms with van der Waals surface area (Å²) in [4.78, 5) is 33.3. The van der Waals surface area contributed by atoms with Crippen LogP contribution in [0.5, 0.6) is 0 Å². The Morgan fingerprint density at radius 1 is 1.21 bits per heavy atom. The third-order valence-corrected chi connectivity index (χ3v) is 7.27. The normalized spacial score (nSPS) is 18.9. The number of aromatic carboxylic acids is 1. The van der Waals surface area contributed by atoms with Crippen molar-refractivity contribution >= 4 is 30.1 Å². The summed E-state index contributed by atoms with van der Waals surface area (Å²) in [5.74, 6) is 0.569. The van der Waals surface area contributed by atoms with E-state index in [2.05, 4.69) is 18.5 Å². The summed E-state index contributed by atoms with van der Waals surface area (Å²) in [5, 5.41) is 9.26. The number of halogens is 1. The predicted octanol–water partition coefficient (Wildman–Crippen LogP) is 5.86. The fourth-order valence-electron chi connectivity index (χ4n) is 4.95. The Balaban J connectivity index is 1.63. The number of carbonyl (C=O) groups is 2. The summed E-state index contributed by atoms with van der Waals surface area (Å²) in [6, 6.07) is 8.17. The third kappa shape index (κ3) is 5.85. The van der Waals surface area contributed by atoms with Gasteiger partial charge in [0.2, 0.25) is 0 Å². The van der Waals surface area contributed by atoms with Gasteiger partial charge in [-0.1, -0.05) is 19.8 Å². The first-order valence-corrected chi connectivity index (χ1v) is 13.1. The van der Waals surface area contributed by atoms with E-state index in [0.717, 1.165) is 37.9 Å². The van der Waals surface area contributed by atoms with Gasteiger partial charge in [-0.2, -0.15) is 0 Å². The van der Waals surface area contributed by atoms with Crippen LogP contribution in [-0.4, -0.2) is 59.0 Å². The number of carboxylic acid groups (broad SMARTS) is 1. The van der Waals surface area contributed by atoms with E-state index in [-0.39, 0.29) is 17.4 Å². The zero-order chi connectivity index (χ0) is 27.4. The Kier molecular flexibility index (Phi) is 8.40. The fourth-order valence-corrected chi connectivity index (χ4v) is 4.95. The molecule has 1 unspecified atom stereocenters. The van der Waals surface area contributed by atoms with Gasteiger partial charge in [-0.15, -0.1) is 0 Å². The van der Waals surface area contributed by atoms with Crippen molar-refractivity contribution in [3.8, 4) is 11.1 Å². The van der Waals surface area contributed by atoms with Crippen LogP contribution in [0.15, 0.2) is 71.5 Å². The molecule has 8 heteroatoms. The second-order valence-corrected chi connectivity index (χ2v) is 9.85. The molecule has 1 amide bonds. The molecular weight excluding hydrogens is 480 g/mol. The van der Waals surface area contributed by atoms with Crippen molar-refractivity contribution in [1.29, 1.82) is 0 Å². The predicted molar refractivity (Wildman–Crippen MR) is 150 cm³/mol. The average molecular weight is 513 g/mol. The van der Waals surface area contributed by atoms with E-state index in [1.807, 2.05) is 29.8 Å². The van der Waals surface area contributed by atoms with Crippen LogP contribution in [0.3, 0.4) is 0 Å². The standard InChI is InChI=1S/C30H33BFN3O3/c1-5-23-18-27(29(36)35-14-8-6-7-9-20(35)3)33-28(34(23)4)15-19(2)24-11-10-21(17-26(24)32)22-12-13-31-25(16-22)30(37)38/h10-13,15-18,20H,2,5-9,14H2,1,3-4H3,(H,37,38)/b28-15-. The Hall–Kier alpha value is -3.81. The molecular formula is C30H33BFN3O3. The number of benzene rings is 1. The molecule has 0 saturated carbocycles. The molecule has 1 atom stereocenters. The van der Waals surface area contributed by atoms with Gasteiger partial charge in [0.25, 0.3) is 5.91 Å². The number of aliphatic imine (C=N–C) groups is 1. The number of amides is 1. The first-order valence-electron chi connectivity index (χ1n) is 13.1. The van der Waals surface area contributed by atoms with Crippen molar-refractivity contribution in [2.24, 2.45) is 4.99 Å². The maximum absolute atomic E-state index is 15.2. The number of hydrogen-bond donors (Lipinski definition) is 1. The van der Waals surface area contributed by atoms with Crippen molar-refractivity contribution in [3.63, 3.8) is 0 Å². The van der Waals surface area contributed by atoms with Gasteiger partial charge in [-0.3, -0.25) is 4.79 Å². The van der Waals surface area contributed by atoms with Crippen molar-refractivity contribution < 1.29 is 19.1 Å². The Morgan fingerprint density at radius 3 is 2.68 bits per heavy atom. The number of carboxylic acids is 1. The first kappa shape index (κ1) is 27.2. The molecule has 2 aromatic rings. The number of nitrogens with zero attached hydrogens (tertiary/aromatic N) is 3. The van der Waals surface area contributed by atoms with Crippen LogP contribution in [0, 0.1) is 5.82 Å². The summed E-state index contributed by atoms with van der Waals surface area (Å²) in [5.41, 5.74) is 3.38. The van der Waals surface area contributed by atoms with Gasteiger partial charge in [0.15, 0.2) is 0 Å². The zero-order valence-electron chi connectivity index (χ0n) is 22.2. The topological polar surface area (TPSA) is 73.2 Å². The quantitative estimate of drug-likeness (QED) is 0.526. The van der Waals surface area contributed by atoms with E-state index in [9.17, 15) is 14.7 Å². The average Bonchev–Trinajstić information content (AvgIpc) is 3.13. The molecule has 2 aliphatic heterocycles. The van der Waals surface area contributed by atoms with Crippen molar-refractivity contribution in [3.05, 3.63) is 83.4 Å². The molecule has 1 fully saturated rings. The number of likely N-dealkylation sites (tertiary alicyclic amines) is 1. The molecule has 0 bridgehead atoms. The van der Waals surface area contributed by atoms with Crippen molar-refractivity contribution in [2.75, 3.05) is 13.6 Å². The summed E-state index contributed by atoms with van der Waals surface area (Å²) in [6.45, 7) is 10.4. The van der Waals surface area contributed by atoms with E-state index in [1.165, 1.54) is 19.0 Å². The van der Waals surface area contributed by atoms with Crippen LogP contribution in [0.25, 0.3) is 16.7 Å². The Morgan fingerprint density at radius 2 is 1.97 bits per heavy atom. The molecule has 4 rings (SSSR count). The molecule has 2 aliphatic rings. The van der Waals surface area contributed by atoms with Gasteiger partial charge >= 0.3 is 144 Å². The molecule has 1 aromatic carbocycles. The number of hydrogen-bond acceptors (Lipinski definition) is 4. The first-order chi connectivity index (χ1) is 18.2. The molecule has 1 N–H and O–H groups in total. The fraction of sp³-hybridized carbons (Fsp3) is 0.333. The van der Waals surface area contributed by atoms with Crippen LogP contribution in [0.1, 0.15) is 61.8 Å². The summed E-state index contributed by atoms with van der Waals surface area (Å²) >= 11 is 0. The minimum absolute atomic E-state index is 0.0749. The van der Waals surface area contributed by atoms with E-state index in [0.29, 0.717) is 40.2 Å². The maximum atomic E-state index is 15.2. The van der Waals surface area contributed by atoms with Gasteiger partial charge in [0, 0.05) is 12.6 Å². The molecule has 6 nitrogen and oxygen atoms in total. The monoisotopic (exact) mass is 513 g/mol. The second kappa shape index (κ2) is 11.7. The second-order valence-electron chi connectivity index (χ2n) is 9.85. The summed E-state index contributed by atoms with van der Waals surface area (Å²) in [7, 11) is 1.88. The van der Waals surface area contributed by atoms with E-state index < -0.39 is 11.8 Å². The Labute approximate surface area is 224 Å². The van der Waals surface area contributed by atoms with Gasteiger partial charge in [0.05, 0.1) is 0 Å². The van der Waals surface area contributed by atoms with Crippen molar-refractivity contribution in [2.45, 2.75) is 52.0 Å². The molecule has 196 valence electrons. The number of carbonyl (C=O) groups excluding carboxylic acids is 1. The number of rotatable bonds is 6. The van der Waals surface area contributed by atoms with E-state index >= 15 is 4.39 Å². The van der Waals surface area contributed by atoms with E-state index in [4.69, 9.17) is 0 Å². The van der Waals surface area contributed by atoms with Crippen LogP contribution >= 0.6 is 0 Å². The molecule has 38 heavy (non-hydrogen) atoms. The van der Waals surface area contributed by atoms with Gasteiger partial charge < -0.3 is 4.90 Å². The van der Waals surface area contributed by atoms with Gasteiger partial charge in [0.1, 0.15) is 0 Å². The van der Waals surface area contributed by atoms with Gasteiger partial charge in [-0.25, -0.2) is 0 Å². The molecule has 1 saturated heterocycles. The summed E-state index contributed by atoms with van der Waals surface area (Å²) in [6.07, 6.45) is 8.48. The van der Waals surface area contributed by atoms with E-state index in [1.54, 1.807) is 30.2 Å². The van der Waals surface area contributed by atoms with Crippen molar-refractivity contribution in [1.82, 2.24) is 9.80 Å². The minimum atomic E-state index is -1.04. The Bertz CT molecular complexity index is 1360. The molecule has 1 aromatic heterocycles. The third-order valence-electron chi connectivity index (χ3n) is 7.27. The van der Waals surface area contributed by atoms with Crippen LogP contribution in [0.4, 0.5) is 4.39 Å². The molecule has 0 radical (unpaired) electrons. The molecule has 0 spiro atoms. The SMILES string of the molecule is C=C(/C=C1/N=C(C(=O)N2CCCCCC2C)C=C(CC)N1C)c1ccc(-c2ccbc(C(=O)O)c2)cc1F. The van der Waals surface area contributed by atoms with Gasteiger partial charge in [-0.05, 0) is 32.3 Å². The van der Waals surface area contributed by atoms with Crippen LogP contribution in [0.2, 0.25) is 0 Å². The van der Waals surface area contributed by atoms with Crippen LogP contribution in [-0.2, 0) is 4.79 Å². The molecule has 0 aliphatic carbocycles.